The number of furan rings is 1. The first kappa shape index (κ1) is 15.5. The van der Waals surface area contributed by atoms with E-state index in [2.05, 4.69) is 21.5 Å². The third-order valence-electron chi connectivity index (χ3n) is 2.50. The Balaban J connectivity index is 1.67. The molecule has 2 aromatic rings. The number of anilines is 1. The van der Waals surface area contributed by atoms with Crippen molar-refractivity contribution in [2.75, 3.05) is 11.9 Å². The van der Waals surface area contributed by atoms with E-state index in [0.717, 1.165) is 5.69 Å². The quantitative estimate of drug-likeness (QED) is 0.497. The van der Waals surface area contributed by atoms with E-state index in [1.54, 1.807) is 6.07 Å². The lowest BCUT2D eigenvalue weighted by Crippen LogP contribution is -2.47. The van der Waals surface area contributed by atoms with Gasteiger partial charge in [0.15, 0.2) is 10.9 Å². The van der Waals surface area contributed by atoms with Gasteiger partial charge in [0, 0.05) is 5.69 Å². The molecule has 0 spiro atoms. The maximum absolute atomic E-state index is 11.6. The number of carbonyl (C=O) groups excluding carboxylic acids is 2. The average molecular weight is 318 g/mol. The van der Waals surface area contributed by atoms with Crippen molar-refractivity contribution in [1.29, 1.82) is 0 Å². The van der Waals surface area contributed by atoms with Crippen LogP contribution in [-0.4, -0.2) is 23.5 Å². The molecule has 1 heterocycles. The van der Waals surface area contributed by atoms with Gasteiger partial charge >= 0.3 is 0 Å². The first-order chi connectivity index (χ1) is 10.6. The van der Waals surface area contributed by atoms with Crippen LogP contribution in [0.1, 0.15) is 10.6 Å². The van der Waals surface area contributed by atoms with Gasteiger partial charge in [-0.3, -0.25) is 20.4 Å². The minimum absolute atomic E-state index is 0.141. The maximum Gasteiger partial charge on any atom is 0.287 e. The first-order valence-electron chi connectivity index (χ1n) is 6.38. The van der Waals surface area contributed by atoms with E-state index < -0.39 is 11.8 Å². The number of amides is 2. The van der Waals surface area contributed by atoms with E-state index in [9.17, 15) is 9.59 Å². The monoisotopic (exact) mass is 318 g/mol. The summed E-state index contributed by atoms with van der Waals surface area (Å²) in [7, 11) is 0. The number of hydrogen-bond acceptors (Lipinski definition) is 4. The lowest BCUT2D eigenvalue weighted by atomic mass is 10.3. The standard InChI is InChI=1S/C14H14N4O3S/c19-12(9-15-13(20)11-7-4-8-21-11)17-18-14(22)16-10-5-2-1-3-6-10/h1-8H,9H2,(H,15,20)(H,17,19)(H2,16,18,22). The van der Waals surface area contributed by atoms with Gasteiger partial charge < -0.3 is 15.1 Å². The van der Waals surface area contributed by atoms with Crippen molar-refractivity contribution in [1.82, 2.24) is 16.2 Å². The van der Waals surface area contributed by atoms with Crippen LogP contribution in [0.4, 0.5) is 5.69 Å². The molecule has 1 aromatic carbocycles. The average Bonchev–Trinajstić information content (AvgIpc) is 3.06. The molecule has 0 saturated heterocycles. The smallest absolute Gasteiger partial charge is 0.287 e. The lowest BCUT2D eigenvalue weighted by molar-refractivity contribution is -0.120. The zero-order valence-corrected chi connectivity index (χ0v) is 12.3. The van der Waals surface area contributed by atoms with Gasteiger partial charge in [-0.25, -0.2) is 0 Å². The molecule has 114 valence electrons. The molecule has 2 amide bonds. The molecule has 0 atom stereocenters. The van der Waals surface area contributed by atoms with E-state index in [1.165, 1.54) is 12.3 Å². The van der Waals surface area contributed by atoms with E-state index >= 15 is 0 Å². The van der Waals surface area contributed by atoms with Crippen molar-refractivity contribution >= 4 is 34.8 Å². The molecule has 0 unspecified atom stereocenters. The van der Waals surface area contributed by atoms with Crippen molar-refractivity contribution < 1.29 is 14.0 Å². The summed E-state index contributed by atoms with van der Waals surface area (Å²) in [5, 5.41) is 5.53. The minimum atomic E-state index is -0.467. The summed E-state index contributed by atoms with van der Waals surface area (Å²) in [4.78, 5) is 23.1. The summed E-state index contributed by atoms with van der Waals surface area (Å²) in [6.07, 6.45) is 1.38. The lowest BCUT2D eigenvalue weighted by Gasteiger charge is -2.11. The SMILES string of the molecule is O=C(CNC(=O)c1ccco1)NNC(=S)Nc1ccccc1. The number of nitrogens with one attached hydrogen (secondary N) is 4. The Kier molecular flexibility index (Phi) is 5.50. The number of rotatable bonds is 4. The minimum Gasteiger partial charge on any atom is -0.459 e. The number of hydrogen-bond donors (Lipinski definition) is 4. The number of hydrazine groups is 1. The molecule has 8 heteroatoms. The fourth-order valence-electron chi connectivity index (χ4n) is 1.51. The highest BCUT2D eigenvalue weighted by Crippen LogP contribution is 2.03. The summed E-state index contributed by atoms with van der Waals surface area (Å²) in [6.45, 7) is -0.208. The van der Waals surface area contributed by atoms with Crippen LogP contribution in [0.3, 0.4) is 0 Å². The molecule has 22 heavy (non-hydrogen) atoms. The molecule has 7 nitrogen and oxygen atoms in total. The van der Waals surface area contributed by atoms with Crippen molar-refractivity contribution in [3.63, 3.8) is 0 Å². The molecule has 0 aliphatic heterocycles. The number of para-hydroxylation sites is 1. The molecule has 4 N–H and O–H groups in total. The Hall–Kier alpha value is -2.87. The van der Waals surface area contributed by atoms with Crippen LogP contribution < -0.4 is 21.5 Å². The summed E-state index contributed by atoms with van der Waals surface area (Å²) in [5.41, 5.74) is 5.69. The highest BCUT2D eigenvalue weighted by molar-refractivity contribution is 7.80. The summed E-state index contributed by atoms with van der Waals surface area (Å²) < 4.78 is 4.90. The molecule has 0 bridgehead atoms. The van der Waals surface area contributed by atoms with Crippen LogP contribution in [0.2, 0.25) is 0 Å². The van der Waals surface area contributed by atoms with Gasteiger partial charge in [0.2, 0.25) is 0 Å². The molecule has 0 saturated carbocycles. The van der Waals surface area contributed by atoms with Crippen molar-refractivity contribution in [2.45, 2.75) is 0 Å². The van der Waals surface area contributed by atoms with Crippen LogP contribution in [0, 0.1) is 0 Å². The van der Waals surface area contributed by atoms with Crippen molar-refractivity contribution in [3.05, 3.63) is 54.5 Å². The molecule has 1 aromatic heterocycles. The fraction of sp³-hybridized carbons (Fsp3) is 0.0714. The maximum atomic E-state index is 11.6. The zero-order chi connectivity index (χ0) is 15.8. The topological polar surface area (TPSA) is 95.4 Å². The Morgan fingerprint density at radius 3 is 2.50 bits per heavy atom. The van der Waals surface area contributed by atoms with Gasteiger partial charge in [-0.2, -0.15) is 0 Å². The fourth-order valence-corrected chi connectivity index (χ4v) is 1.68. The normalized spacial score (nSPS) is 9.64. The number of thiocarbonyl (C=S) groups is 1. The van der Waals surface area contributed by atoms with Gasteiger partial charge in [-0.15, -0.1) is 0 Å². The second kappa shape index (κ2) is 7.79. The highest BCUT2D eigenvalue weighted by atomic mass is 32.1. The Bertz CT molecular complexity index is 643. The van der Waals surface area contributed by atoms with Crippen LogP contribution in [-0.2, 0) is 4.79 Å². The number of carbonyl (C=O) groups is 2. The molecule has 2 rings (SSSR count). The van der Waals surface area contributed by atoms with E-state index in [4.69, 9.17) is 16.6 Å². The molecular weight excluding hydrogens is 304 g/mol. The third-order valence-corrected chi connectivity index (χ3v) is 2.71. The molecule has 0 aliphatic rings. The second-order valence-electron chi connectivity index (χ2n) is 4.15. The van der Waals surface area contributed by atoms with E-state index in [0.29, 0.717) is 0 Å². The molecule has 0 aliphatic carbocycles. The highest BCUT2D eigenvalue weighted by Gasteiger charge is 2.10. The molecular formula is C14H14N4O3S. The van der Waals surface area contributed by atoms with E-state index in [1.807, 2.05) is 30.3 Å². The van der Waals surface area contributed by atoms with Gasteiger partial charge in [0.1, 0.15) is 0 Å². The van der Waals surface area contributed by atoms with Crippen LogP contribution in [0.15, 0.2) is 53.1 Å². The van der Waals surface area contributed by atoms with Gasteiger partial charge in [-0.1, -0.05) is 18.2 Å². The predicted octanol–water partition coefficient (Wildman–Crippen LogP) is 1.03. The summed E-state index contributed by atoms with van der Waals surface area (Å²) in [5.74, 6) is -0.774. The Morgan fingerprint density at radius 2 is 1.82 bits per heavy atom. The predicted molar refractivity (Wildman–Crippen MR) is 85.0 cm³/mol. The largest absolute Gasteiger partial charge is 0.459 e. The van der Waals surface area contributed by atoms with Gasteiger partial charge in [-0.05, 0) is 36.5 Å². The van der Waals surface area contributed by atoms with Crippen molar-refractivity contribution in [2.24, 2.45) is 0 Å². The van der Waals surface area contributed by atoms with Crippen LogP contribution >= 0.6 is 12.2 Å². The van der Waals surface area contributed by atoms with Gasteiger partial charge in [0.05, 0.1) is 12.8 Å². The third kappa shape index (κ3) is 4.91. The first-order valence-corrected chi connectivity index (χ1v) is 6.78. The Labute approximate surface area is 132 Å². The Morgan fingerprint density at radius 1 is 1.05 bits per heavy atom. The second-order valence-corrected chi connectivity index (χ2v) is 4.56. The van der Waals surface area contributed by atoms with Gasteiger partial charge in [0.25, 0.3) is 11.8 Å². The molecule has 0 fully saturated rings. The summed E-state index contributed by atoms with van der Waals surface area (Å²) in [6, 6.07) is 12.3. The van der Waals surface area contributed by atoms with E-state index in [-0.39, 0.29) is 17.4 Å². The summed E-state index contributed by atoms with van der Waals surface area (Å²) >= 11 is 5.02. The molecule has 0 radical (unpaired) electrons. The van der Waals surface area contributed by atoms with Crippen molar-refractivity contribution in [3.8, 4) is 0 Å². The van der Waals surface area contributed by atoms with Crippen LogP contribution in [0.25, 0.3) is 0 Å². The number of benzene rings is 1. The van der Waals surface area contributed by atoms with Crippen LogP contribution in [0.5, 0.6) is 0 Å². The zero-order valence-electron chi connectivity index (χ0n) is 11.5.